The zero-order valence-electron chi connectivity index (χ0n) is 13.8. The standard InChI is InChI=1S/C19H12ClF3N4/c20-17-9-14(18-25-4-5-27(18)26-17)13-8-12(13)10-6-15(19(21,22)23)11-2-1-3-24-16(11)7-10/h1-7,9,12-13H,8H2/t12-,13+/m1/s1. The molecule has 5 rings (SSSR count). The van der Waals surface area contributed by atoms with Gasteiger partial charge in [-0.25, -0.2) is 9.50 Å². The molecule has 0 radical (unpaired) electrons. The normalized spacial score (nSPS) is 19.7. The third-order valence-corrected chi connectivity index (χ3v) is 5.21. The second-order valence-corrected chi connectivity index (χ2v) is 7.09. The maximum atomic E-state index is 13.6. The molecule has 27 heavy (non-hydrogen) atoms. The second-order valence-electron chi connectivity index (χ2n) is 6.70. The number of hydrogen-bond donors (Lipinski definition) is 0. The number of nitrogens with zero attached hydrogens (tertiary/aromatic N) is 4. The molecule has 0 spiro atoms. The molecule has 0 bridgehead atoms. The maximum Gasteiger partial charge on any atom is 0.417 e. The van der Waals surface area contributed by atoms with Crippen molar-refractivity contribution in [1.29, 1.82) is 0 Å². The molecule has 1 aromatic carbocycles. The van der Waals surface area contributed by atoms with Gasteiger partial charge in [0.15, 0.2) is 5.65 Å². The van der Waals surface area contributed by atoms with Crippen molar-refractivity contribution in [2.24, 2.45) is 0 Å². The Kier molecular flexibility index (Phi) is 3.46. The number of alkyl halides is 3. The molecule has 2 atom stereocenters. The van der Waals surface area contributed by atoms with Crippen LogP contribution in [0.25, 0.3) is 16.6 Å². The van der Waals surface area contributed by atoms with Crippen LogP contribution in [0, 0.1) is 0 Å². The first-order chi connectivity index (χ1) is 12.9. The van der Waals surface area contributed by atoms with E-state index < -0.39 is 11.7 Å². The molecular formula is C19H12ClF3N4. The molecule has 1 aliphatic carbocycles. The Balaban J connectivity index is 1.60. The highest BCUT2D eigenvalue weighted by molar-refractivity contribution is 6.29. The van der Waals surface area contributed by atoms with E-state index in [-0.39, 0.29) is 17.2 Å². The maximum absolute atomic E-state index is 13.6. The van der Waals surface area contributed by atoms with E-state index in [1.165, 1.54) is 24.4 Å². The van der Waals surface area contributed by atoms with E-state index in [0.29, 0.717) is 21.9 Å². The first-order valence-electron chi connectivity index (χ1n) is 8.37. The molecule has 0 amide bonds. The molecule has 136 valence electrons. The van der Waals surface area contributed by atoms with Crippen LogP contribution in [-0.4, -0.2) is 19.6 Å². The van der Waals surface area contributed by atoms with Gasteiger partial charge in [-0.3, -0.25) is 4.98 Å². The van der Waals surface area contributed by atoms with Crippen LogP contribution in [-0.2, 0) is 6.18 Å². The van der Waals surface area contributed by atoms with E-state index >= 15 is 0 Å². The van der Waals surface area contributed by atoms with Gasteiger partial charge >= 0.3 is 6.18 Å². The topological polar surface area (TPSA) is 43.1 Å². The monoisotopic (exact) mass is 388 g/mol. The fraction of sp³-hybridized carbons (Fsp3) is 0.211. The first kappa shape index (κ1) is 16.5. The Labute approximate surface area is 156 Å². The van der Waals surface area contributed by atoms with Crippen LogP contribution in [0.3, 0.4) is 0 Å². The lowest BCUT2D eigenvalue weighted by atomic mass is 9.99. The van der Waals surface area contributed by atoms with Gasteiger partial charge in [0.1, 0.15) is 5.15 Å². The third kappa shape index (κ3) is 2.73. The van der Waals surface area contributed by atoms with E-state index in [4.69, 9.17) is 11.6 Å². The summed E-state index contributed by atoms with van der Waals surface area (Å²) in [6.45, 7) is 0. The van der Waals surface area contributed by atoms with Crippen LogP contribution in [0.1, 0.15) is 34.9 Å². The number of fused-ring (bicyclic) bond motifs is 2. The minimum atomic E-state index is -4.43. The Morgan fingerprint density at radius 3 is 2.74 bits per heavy atom. The molecule has 3 aromatic heterocycles. The van der Waals surface area contributed by atoms with Gasteiger partial charge in [0, 0.05) is 29.5 Å². The molecule has 1 fully saturated rings. The molecule has 0 saturated heterocycles. The van der Waals surface area contributed by atoms with E-state index in [1.807, 2.05) is 0 Å². The minimum absolute atomic E-state index is 0.0310. The average molecular weight is 389 g/mol. The zero-order valence-corrected chi connectivity index (χ0v) is 14.5. The van der Waals surface area contributed by atoms with Gasteiger partial charge in [0.25, 0.3) is 0 Å². The molecule has 0 unspecified atom stereocenters. The Morgan fingerprint density at radius 2 is 1.93 bits per heavy atom. The lowest BCUT2D eigenvalue weighted by molar-refractivity contribution is -0.136. The summed E-state index contributed by atoms with van der Waals surface area (Å²) < 4.78 is 42.3. The Bertz CT molecular complexity index is 1180. The highest BCUT2D eigenvalue weighted by atomic mass is 35.5. The molecule has 4 nitrogen and oxygen atoms in total. The van der Waals surface area contributed by atoms with Crippen molar-refractivity contribution >= 4 is 28.2 Å². The van der Waals surface area contributed by atoms with Crippen LogP contribution in [0.15, 0.2) is 48.9 Å². The zero-order chi connectivity index (χ0) is 18.8. The van der Waals surface area contributed by atoms with Crippen LogP contribution >= 0.6 is 11.6 Å². The number of halogens is 4. The van der Waals surface area contributed by atoms with Crippen molar-refractivity contribution in [2.75, 3.05) is 0 Å². The van der Waals surface area contributed by atoms with Crippen molar-refractivity contribution in [3.8, 4) is 0 Å². The number of hydrogen-bond acceptors (Lipinski definition) is 3. The fourth-order valence-corrected chi connectivity index (χ4v) is 3.94. The van der Waals surface area contributed by atoms with Crippen LogP contribution in [0.5, 0.6) is 0 Å². The van der Waals surface area contributed by atoms with Gasteiger partial charge in [-0.2, -0.15) is 18.3 Å². The molecule has 1 saturated carbocycles. The van der Waals surface area contributed by atoms with Crippen molar-refractivity contribution in [1.82, 2.24) is 19.6 Å². The summed E-state index contributed by atoms with van der Waals surface area (Å²) in [5, 5.41) is 4.60. The summed E-state index contributed by atoms with van der Waals surface area (Å²) in [7, 11) is 0. The summed E-state index contributed by atoms with van der Waals surface area (Å²) in [5.41, 5.74) is 1.93. The van der Waals surface area contributed by atoms with Crippen molar-refractivity contribution in [3.63, 3.8) is 0 Å². The molecule has 1 aliphatic rings. The molecule has 0 aliphatic heterocycles. The van der Waals surface area contributed by atoms with Crippen molar-refractivity contribution < 1.29 is 13.2 Å². The van der Waals surface area contributed by atoms with E-state index in [0.717, 1.165) is 12.0 Å². The number of imidazole rings is 1. The van der Waals surface area contributed by atoms with Gasteiger partial charge in [-0.1, -0.05) is 17.7 Å². The number of rotatable bonds is 2. The minimum Gasteiger partial charge on any atom is -0.256 e. The first-order valence-corrected chi connectivity index (χ1v) is 8.75. The molecule has 4 aromatic rings. The number of aromatic nitrogens is 4. The third-order valence-electron chi connectivity index (χ3n) is 5.02. The summed E-state index contributed by atoms with van der Waals surface area (Å²) in [5.74, 6) is 0.0223. The van der Waals surface area contributed by atoms with Crippen molar-refractivity contribution in [2.45, 2.75) is 24.4 Å². The summed E-state index contributed by atoms with van der Waals surface area (Å²) in [6, 6.07) is 7.72. The largest absolute Gasteiger partial charge is 0.417 e. The average Bonchev–Trinajstić information content (AvgIpc) is 3.29. The summed E-state index contributed by atoms with van der Waals surface area (Å²) >= 11 is 6.09. The predicted molar refractivity (Wildman–Crippen MR) is 94.8 cm³/mol. The SMILES string of the molecule is FC(F)(F)c1cc([C@H]2C[C@@H]2c2cc(Cl)nn3ccnc23)cc2ncccc12. The quantitative estimate of drug-likeness (QED) is 0.473. The van der Waals surface area contributed by atoms with E-state index in [9.17, 15) is 13.2 Å². The van der Waals surface area contributed by atoms with Gasteiger partial charge in [0.05, 0.1) is 11.1 Å². The van der Waals surface area contributed by atoms with Gasteiger partial charge in [0.2, 0.25) is 0 Å². The highest BCUT2D eigenvalue weighted by Crippen LogP contribution is 2.56. The van der Waals surface area contributed by atoms with E-state index in [2.05, 4.69) is 15.1 Å². The van der Waals surface area contributed by atoms with Crippen LogP contribution < -0.4 is 0 Å². The Hall–Kier alpha value is -2.67. The molecular weight excluding hydrogens is 377 g/mol. The Morgan fingerprint density at radius 1 is 1.07 bits per heavy atom. The van der Waals surface area contributed by atoms with Gasteiger partial charge in [-0.15, -0.1) is 0 Å². The highest BCUT2D eigenvalue weighted by Gasteiger charge is 2.43. The second kappa shape index (κ2) is 5.66. The van der Waals surface area contributed by atoms with Crippen LogP contribution in [0.4, 0.5) is 13.2 Å². The molecule has 8 heteroatoms. The number of benzene rings is 1. The summed E-state index contributed by atoms with van der Waals surface area (Å²) in [6.07, 6.45) is 1.13. The fourth-order valence-electron chi connectivity index (χ4n) is 3.74. The lowest BCUT2D eigenvalue weighted by Crippen LogP contribution is -2.07. The smallest absolute Gasteiger partial charge is 0.256 e. The van der Waals surface area contributed by atoms with Crippen molar-refractivity contribution in [3.05, 3.63) is 70.8 Å². The summed E-state index contributed by atoms with van der Waals surface area (Å²) in [4.78, 5) is 8.44. The lowest BCUT2D eigenvalue weighted by Gasteiger charge is -2.13. The van der Waals surface area contributed by atoms with Gasteiger partial charge in [-0.05, 0) is 48.1 Å². The van der Waals surface area contributed by atoms with Gasteiger partial charge < -0.3 is 0 Å². The molecule has 3 heterocycles. The number of pyridine rings is 1. The van der Waals surface area contributed by atoms with Crippen LogP contribution in [0.2, 0.25) is 5.15 Å². The van der Waals surface area contributed by atoms with E-state index in [1.54, 1.807) is 29.0 Å². The molecule has 0 N–H and O–H groups in total. The predicted octanol–water partition coefficient (Wildman–Crippen LogP) is 5.22.